The van der Waals surface area contributed by atoms with Gasteiger partial charge in [-0.05, 0) is 31.0 Å². The summed E-state index contributed by atoms with van der Waals surface area (Å²) < 4.78 is 10.3. The Morgan fingerprint density at radius 1 is 1.33 bits per heavy atom. The molecular weight excluding hydrogens is 230 g/mol. The van der Waals surface area contributed by atoms with Crippen molar-refractivity contribution in [2.45, 2.75) is 32.7 Å². The fourth-order valence-corrected chi connectivity index (χ4v) is 1.38. The van der Waals surface area contributed by atoms with Crippen molar-refractivity contribution >= 4 is 5.97 Å². The highest BCUT2D eigenvalue weighted by atomic mass is 16.6. The van der Waals surface area contributed by atoms with Crippen LogP contribution in [0.3, 0.4) is 0 Å². The number of unbranched alkanes of at least 4 members (excludes halogenated alkanes) is 1. The molecule has 0 fully saturated rings. The van der Waals surface area contributed by atoms with E-state index in [2.05, 4.69) is 0 Å². The third-order valence-corrected chi connectivity index (χ3v) is 2.52. The van der Waals surface area contributed by atoms with Crippen LogP contribution in [0.2, 0.25) is 0 Å². The second-order valence-electron chi connectivity index (χ2n) is 4.22. The summed E-state index contributed by atoms with van der Waals surface area (Å²) in [6, 6.07) is 7.39. The van der Waals surface area contributed by atoms with Crippen LogP contribution in [0.25, 0.3) is 0 Å². The van der Waals surface area contributed by atoms with Gasteiger partial charge in [0.1, 0.15) is 5.75 Å². The van der Waals surface area contributed by atoms with E-state index in [0.717, 1.165) is 18.4 Å². The second-order valence-corrected chi connectivity index (χ2v) is 4.22. The van der Waals surface area contributed by atoms with Gasteiger partial charge in [-0.2, -0.15) is 0 Å². The molecule has 4 nitrogen and oxygen atoms in total. The lowest BCUT2D eigenvalue weighted by molar-refractivity contribution is -0.146. The molecule has 1 rings (SSSR count). The van der Waals surface area contributed by atoms with Crippen molar-refractivity contribution in [3.8, 4) is 5.75 Å². The smallest absolute Gasteiger partial charge is 0.344 e. The molecule has 1 atom stereocenters. The van der Waals surface area contributed by atoms with Crippen LogP contribution < -0.4 is 10.5 Å². The van der Waals surface area contributed by atoms with E-state index in [-0.39, 0.29) is 18.6 Å². The molecular formula is C14H21NO3. The molecule has 0 amide bonds. The zero-order valence-corrected chi connectivity index (χ0v) is 11.0. The fraction of sp³-hybridized carbons (Fsp3) is 0.500. The van der Waals surface area contributed by atoms with Crippen molar-refractivity contribution in [1.29, 1.82) is 0 Å². The summed E-state index contributed by atoms with van der Waals surface area (Å²) in [5, 5.41) is 0. The van der Waals surface area contributed by atoms with Crippen molar-refractivity contribution in [2.75, 3.05) is 13.2 Å². The third-order valence-electron chi connectivity index (χ3n) is 2.52. The molecule has 1 aromatic rings. The summed E-state index contributed by atoms with van der Waals surface area (Å²) in [6.45, 7) is 4.37. The molecule has 0 aromatic heterocycles. The van der Waals surface area contributed by atoms with Gasteiger partial charge >= 0.3 is 5.97 Å². The average molecular weight is 251 g/mol. The molecule has 4 heteroatoms. The molecule has 0 saturated heterocycles. The van der Waals surface area contributed by atoms with Gasteiger partial charge in [-0.1, -0.05) is 25.5 Å². The van der Waals surface area contributed by atoms with Crippen molar-refractivity contribution in [3.05, 3.63) is 29.8 Å². The number of benzene rings is 1. The van der Waals surface area contributed by atoms with E-state index in [1.807, 2.05) is 26.0 Å². The Kier molecular flexibility index (Phi) is 6.22. The first-order valence-corrected chi connectivity index (χ1v) is 6.27. The van der Waals surface area contributed by atoms with E-state index in [4.69, 9.17) is 15.2 Å². The Balaban J connectivity index is 2.32. The van der Waals surface area contributed by atoms with Crippen molar-refractivity contribution in [1.82, 2.24) is 0 Å². The molecule has 0 aliphatic rings. The van der Waals surface area contributed by atoms with Gasteiger partial charge in [-0.15, -0.1) is 0 Å². The molecule has 1 aromatic carbocycles. The van der Waals surface area contributed by atoms with E-state index >= 15 is 0 Å². The Hall–Kier alpha value is -1.55. The van der Waals surface area contributed by atoms with Crippen LogP contribution in [0.5, 0.6) is 5.75 Å². The minimum atomic E-state index is -0.334. The topological polar surface area (TPSA) is 61.5 Å². The van der Waals surface area contributed by atoms with Crippen molar-refractivity contribution < 1.29 is 14.3 Å². The van der Waals surface area contributed by atoms with E-state index in [1.165, 1.54) is 0 Å². The predicted octanol–water partition coefficient (Wildman–Crippen LogP) is 2.43. The highest BCUT2D eigenvalue weighted by Gasteiger charge is 2.04. The Bertz CT molecular complexity index is 360. The summed E-state index contributed by atoms with van der Waals surface area (Å²) in [5.41, 5.74) is 6.77. The van der Waals surface area contributed by atoms with Crippen LogP contribution in [-0.2, 0) is 9.53 Å². The van der Waals surface area contributed by atoms with Crippen molar-refractivity contribution in [3.63, 3.8) is 0 Å². The number of carbonyl (C=O) groups excluding carboxylic acids is 1. The number of nitrogens with two attached hydrogens (primary N) is 1. The van der Waals surface area contributed by atoms with Crippen LogP contribution >= 0.6 is 0 Å². The maximum absolute atomic E-state index is 11.3. The van der Waals surface area contributed by atoms with Gasteiger partial charge in [0.05, 0.1) is 6.61 Å². The van der Waals surface area contributed by atoms with Crippen LogP contribution in [0, 0.1) is 0 Å². The predicted molar refractivity (Wildman–Crippen MR) is 70.4 cm³/mol. The highest BCUT2D eigenvalue weighted by Crippen LogP contribution is 2.15. The lowest BCUT2D eigenvalue weighted by atomic mass is 10.1. The summed E-state index contributed by atoms with van der Waals surface area (Å²) >= 11 is 0. The lowest BCUT2D eigenvalue weighted by Gasteiger charge is -2.09. The molecule has 0 unspecified atom stereocenters. The molecule has 18 heavy (non-hydrogen) atoms. The van der Waals surface area contributed by atoms with Gasteiger partial charge in [-0.25, -0.2) is 4.79 Å². The van der Waals surface area contributed by atoms with Crippen LogP contribution in [-0.4, -0.2) is 19.2 Å². The van der Waals surface area contributed by atoms with E-state index in [0.29, 0.717) is 12.4 Å². The first kappa shape index (κ1) is 14.5. The maximum Gasteiger partial charge on any atom is 0.344 e. The number of esters is 1. The van der Waals surface area contributed by atoms with Gasteiger partial charge in [0.15, 0.2) is 6.61 Å². The number of ether oxygens (including phenoxy) is 2. The minimum Gasteiger partial charge on any atom is -0.482 e. The Morgan fingerprint density at radius 2 is 2.00 bits per heavy atom. The van der Waals surface area contributed by atoms with Crippen LogP contribution in [0.4, 0.5) is 0 Å². The SMILES string of the molecule is CCCCOC(=O)COc1ccc([C@@H](C)N)cc1. The zero-order chi connectivity index (χ0) is 13.4. The number of hydrogen-bond donors (Lipinski definition) is 1. The molecule has 0 heterocycles. The Morgan fingerprint density at radius 3 is 2.56 bits per heavy atom. The minimum absolute atomic E-state index is 0.00180. The number of rotatable bonds is 7. The van der Waals surface area contributed by atoms with Crippen LogP contribution in [0.15, 0.2) is 24.3 Å². The van der Waals surface area contributed by atoms with Crippen LogP contribution in [0.1, 0.15) is 38.3 Å². The number of carbonyl (C=O) groups is 1. The third kappa shape index (κ3) is 5.19. The van der Waals surface area contributed by atoms with E-state index < -0.39 is 0 Å². The molecule has 0 radical (unpaired) electrons. The normalized spacial score (nSPS) is 11.9. The fourth-order valence-electron chi connectivity index (χ4n) is 1.38. The second kappa shape index (κ2) is 7.71. The first-order chi connectivity index (χ1) is 8.63. The highest BCUT2D eigenvalue weighted by molar-refractivity contribution is 5.71. The zero-order valence-electron chi connectivity index (χ0n) is 11.0. The standard InChI is InChI=1S/C14H21NO3/c1-3-4-9-17-14(16)10-18-13-7-5-12(6-8-13)11(2)15/h5-8,11H,3-4,9-10,15H2,1-2H3/t11-/m1/s1. The maximum atomic E-state index is 11.3. The molecule has 0 saturated carbocycles. The first-order valence-electron chi connectivity index (χ1n) is 6.27. The van der Waals surface area contributed by atoms with E-state index in [9.17, 15) is 4.79 Å². The average Bonchev–Trinajstić information content (AvgIpc) is 2.37. The largest absolute Gasteiger partial charge is 0.482 e. The lowest BCUT2D eigenvalue weighted by Crippen LogP contribution is -2.15. The summed E-state index contributed by atoms with van der Waals surface area (Å²) in [4.78, 5) is 11.3. The van der Waals surface area contributed by atoms with Gasteiger partial charge < -0.3 is 15.2 Å². The summed E-state index contributed by atoms with van der Waals surface area (Å²) in [7, 11) is 0. The summed E-state index contributed by atoms with van der Waals surface area (Å²) in [5.74, 6) is 0.312. The molecule has 0 spiro atoms. The van der Waals surface area contributed by atoms with E-state index in [1.54, 1.807) is 12.1 Å². The van der Waals surface area contributed by atoms with Crippen molar-refractivity contribution in [2.24, 2.45) is 5.73 Å². The molecule has 100 valence electrons. The Labute approximate surface area is 108 Å². The van der Waals surface area contributed by atoms with Gasteiger partial charge in [0.25, 0.3) is 0 Å². The molecule has 0 bridgehead atoms. The van der Waals surface area contributed by atoms with Gasteiger partial charge in [0, 0.05) is 6.04 Å². The molecule has 2 N–H and O–H groups in total. The summed E-state index contributed by atoms with van der Waals surface area (Å²) in [6.07, 6.45) is 1.89. The quantitative estimate of drug-likeness (QED) is 0.597. The number of hydrogen-bond acceptors (Lipinski definition) is 4. The van der Waals surface area contributed by atoms with Gasteiger partial charge in [-0.3, -0.25) is 0 Å². The van der Waals surface area contributed by atoms with Gasteiger partial charge in [0.2, 0.25) is 0 Å². The monoisotopic (exact) mass is 251 g/mol. The molecule has 0 aliphatic heterocycles. The molecule has 0 aliphatic carbocycles.